The van der Waals surface area contributed by atoms with Gasteiger partial charge in [-0.3, -0.25) is 4.90 Å². The number of rotatable bonds is 3. The number of carbonyl (C=O) groups excluding carboxylic acids is 1. The van der Waals surface area contributed by atoms with Gasteiger partial charge in [-0.15, -0.1) is 0 Å². The van der Waals surface area contributed by atoms with Crippen molar-refractivity contribution in [3.8, 4) is 0 Å². The highest BCUT2D eigenvalue weighted by Gasteiger charge is 2.27. The minimum absolute atomic E-state index is 0.0620. The number of hydrogen-bond acceptors (Lipinski definition) is 3. The topological polar surface area (TPSA) is 44.8 Å². The first-order chi connectivity index (χ1) is 11.6. The molecular weight excluding hydrogens is 326 g/mol. The summed E-state index contributed by atoms with van der Waals surface area (Å²) in [5.41, 5.74) is 1.15. The maximum Gasteiger partial charge on any atom is 0.317 e. The number of halogens is 1. The van der Waals surface area contributed by atoms with E-state index in [4.69, 9.17) is 16.3 Å². The molecule has 0 spiro atoms. The van der Waals surface area contributed by atoms with Gasteiger partial charge in [0.2, 0.25) is 0 Å². The SMILES string of the molecule is C[C@H](c1ccccc1Cl)N1CCN(C(=O)NC2CCOCC2)CC1. The van der Waals surface area contributed by atoms with Gasteiger partial charge in [-0.05, 0) is 31.4 Å². The Morgan fingerprint density at radius 3 is 2.54 bits per heavy atom. The van der Waals surface area contributed by atoms with Crippen molar-refractivity contribution in [1.29, 1.82) is 0 Å². The molecule has 1 aromatic carbocycles. The molecule has 2 heterocycles. The van der Waals surface area contributed by atoms with Crippen LogP contribution < -0.4 is 5.32 Å². The molecule has 2 fully saturated rings. The quantitative estimate of drug-likeness (QED) is 0.910. The van der Waals surface area contributed by atoms with E-state index in [1.807, 2.05) is 23.1 Å². The Balaban J connectivity index is 1.50. The molecule has 0 radical (unpaired) electrons. The van der Waals surface area contributed by atoms with E-state index >= 15 is 0 Å². The lowest BCUT2D eigenvalue weighted by atomic mass is 10.1. The molecule has 5 nitrogen and oxygen atoms in total. The summed E-state index contributed by atoms with van der Waals surface area (Å²) in [6, 6.07) is 8.58. The summed E-state index contributed by atoms with van der Waals surface area (Å²) in [6.07, 6.45) is 1.82. The van der Waals surface area contributed by atoms with Crippen LogP contribution in [0.4, 0.5) is 4.79 Å². The van der Waals surface area contributed by atoms with E-state index in [1.54, 1.807) is 0 Å². The summed E-state index contributed by atoms with van der Waals surface area (Å²) < 4.78 is 5.34. The molecule has 6 heteroatoms. The molecule has 2 amide bonds. The molecule has 2 saturated heterocycles. The van der Waals surface area contributed by atoms with Crippen molar-refractivity contribution in [2.75, 3.05) is 39.4 Å². The molecule has 1 aromatic rings. The Kier molecular flexibility index (Phi) is 5.98. The Morgan fingerprint density at radius 1 is 1.21 bits per heavy atom. The minimum Gasteiger partial charge on any atom is -0.381 e. The lowest BCUT2D eigenvalue weighted by molar-refractivity contribution is 0.0743. The molecule has 132 valence electrons. The predicted octanol–water partition coefficient (Wildman–Crippen LogP) is 2.91. The second kappa shape index (κ2) is 8.19. The molecule has 0 bridgehead atoms. The summed E-state index contributed by atoms with van der Waals surface area (Å²) in [5, 5.41) is 3.95. The van der Waals surface area contributed by atoms with E-state index in [1.165, 1.54) is 0 Å². The molecule has 1 atom stereocenters. The molecule has 1 N–H and O–H groups in total. The zero-order valence-corrected chi connectivity index (χ0v) is 15.0. The fourth-order valence-electron chi connectivity index (χ4n) is 3.43. The summed E-state index contributed by atoms with van der Waals surface area (Å²) in [6.45, 7) is 6.91. The van der Waals surface area contributed by atoms with Crippen LogP contribution in [0.3, 0.4) is 0 Å². The van der Waals surface area contributed by atoms with E-state index in [0.717, 1.165) is 62.8 Å². The Labute approximate surface area is 148 Å². The van der Waals surface area contributed by atoms with Gasteiger partial charge in [-0.2, -0.15) is 0 Å². The maximum atomic E-state index is 12.4. The van der Waals surface area contributed by atoms with Crippen LogP contribution in [-0.4, -0.2) is 61.3 Å². The zero-order chi connectivity index (χ0) is 16.9. The van der Waals surface area contributed by atoms with E-state index < -0.39 is 0 Å². The van der Waals surface area contributed by atoms with Crippen LogP contribution in [0.2, 0.25) is 5.02 Å². The molecule has 0 saturated carbocycles. The van der Waals surface area contributed by atoms with Crippen LogP contribution in [0.15, 0.2) is 24.3 Å². The average Bonchev–Trinajstić information content (AvgIpc) is 2.62. The van der Waals surface area contributed by atoms with Crippen LogP contribution in [0.1, 0.15) is 31.4 Å². The van der Waals surface area contributed by atoms with Gasteiger partial charge in [0.15, 0.2) is 0 Å². The highest BCUT2D eigenvalue weighted by atomic mass is 35.5. The van der Waals surface area contributed by atoms with Crippen molar-refractivity contribution < 1.29 is 9.53 Å². The lowest BCUT2D eigenvalue weighted by Crippen LogP contribution is -2.54. The second-order valence-corrected chi connectivity index (χ2v) is 6.96. The number of amides is 2. The molecule has 3 rings (SSSR count). The van der Waals surface area contributed by atoms with Gasteiger partial charge < -0.3 is 15.0 Å². The first-order valence-electron chi connectivity index (χ1n) is 8.77. The van der Waals surface area contributed by atoms with Crippen molar-refractivity contribution in [1.82, 2.24) is 15.1 Å². The van der Waals surface area contributed by atoms with Gasteiger partial charge in [0.1, 0.15) is 0 Å². The predicted molar refractivity (Wildman–Crippen MR) is 95.4 cm³/mol. The van der Waals surface area contributed by atoms with Crippen LogP contribution in [0.25, 0.3) is 0 Å². The standard InChI is InChI=1S/C18H26ClN3O2/c1-14(16-4-2-3-5-17(16)19)21-8-10-22(11-9-21)18(23)20-15-6-12-24-13-7-15/h2-5,14-15H,6-13H2,1H3,(H,20,23)/t14-/m1/s1. The van der Waals surface area contributed by atoms with Gasteiger partial charge in [0, 0.05) is 56.5 Å². The number of nitrogens with one attached hydrogen (secondary N) is 1. The van der Waals surface area contributed by atoms with Crippen molar-refractivity contribution in [2.24, 2.45) is 0 Å². The average molecular weight is 352 g/mol. The second-order valence-electron chi connectivity index (χ2n) is 6.56. The van der Waals surface area contributed by atoms with Crippen LogP contribution in [0, 0.1) is 0 Å². The van der Waals surface area contributed by atoms with Crippen molar-refractivity contribution in [3.05, 3.63) is 34.9 Å². The minimum atomic E-state index is 0.0620. The molecule has 0 unspecified atom stereocenters. The molecular formula is C18H26ClN3O2. The fourth-order valence-corrected chi connectivity index (χ4v) is 3.72. The molecule has 0 aliphatic carbocycles. The van der Waals surface area contributed by atoms with Crippen LogP contribution in [-0.2, 0) is 4.74 Å². The molecule has 24 heavy (non-hydrogen) atoms. The summed E-state index contributed by atoms with van der Waals surface area (Å²) in [5.74, 6) is 0. The highest BCUT2D eigenvalue weighted by molar-refractivity contribution is 6.31. The number of hydrogen-bond donors (Lipinski definition) is 1. The number of benzene rings is 1. The van der Waals surface area contributed by atoms with Gasteiger partial charge in [-0.1, -0.05) is 29.8 Å². The third kappa shape index (κ3) is 4.21. The molecule has 2 aliphatic heterocycles. The number of carbonyl (C=O) groups is 1. The maximum absolute atomic E-state index is 12.4. The van der Waals surface area contributed by atoms with Gasteiger partial charge in [0.05, 0.1) is 0 Å². The van der Waals surface area contributed by atoms with Gasteiger partial charge >= 0.3 is 6.03 Å². The van der Waals surface area contributed by atoms with Gasteiger partial charge in [0.25, 0.3) is 0 Å². The fraction of sp³-hybridized carbons (Fsp3) is 0.611. The van der Waals surface area contributed by atoms with Crippen molar-refractivity contribution >= 4 is 17.6 Å². The largest absolute Gasteiger partial charge is 0.381 e. The van der Waals surface area contributed by atoms with E-state index in [-0.39, 0.29) is 18.1 Å². The normalized spacial score (nSPS) is 21.5. The monoisotopic (exact) mass is 351 g/mol. The lowest BCUT2D eigenvalue weighted by Gasteiger charge is -2.39. The van der Waals surface area contributed by atoms with Gasteiger partial charge in [-0.25, -0.2) is 4.79 Å². The summed E-state index contributed by atoms with van der Waals surface area (Å²) in [7, 11) is 0. The number of piperazine rings is 1. The molecule has 0 aromatic heterocycles. The highest BCUT2D eigenvalue weighted by Crippen LogP contribution is 2.27. The first kappa shape index (κ1) is 17.5. The van der Waals surface area contributed by atoms with Crippen LogP contribution >= 0.6 is 11.6 Å². The smallest absolute Gasteiger partial charge is 0.317 e. The first-order valence-corrected chi connectivity index (χ1v) is 9.14. The molecule has 2 aliphatic rings. The van der Waals surface area contributed by atoms with Crippen molar-refractivity contribution in [2.45, 2.75) is 31.8 Å². The van der Waals surface area contributed by atoms with Crippen LogP contribution in [0.5, 0.6) is 0 Å². The Morgan fingerprint density at radius 2 is 1.88 bits per heavy atom. The van der Waals surface area contributed by atoms with E-state index in [9.17, 15) is 4.79 Å². The van der Waals surface area contributed by atoms with Crippen molar-refractivity contribution in [3.63, 3.8) is 0 Å². The number of ether oxygens (including phenoxy) is 1. The van der Waals surface area contributed by atoms with E-state index in [0.29, 0.717) is 0 Å². The third-order valence-corrected chi connectivity index (χ3v) is 5.40. The Hall–Kier alpha value is -1.30. The summed E-state index contributed by atoms with van der Waals surface area (Å²) in [4.78, 5) is 16.7. The third-order valence-electron chi connectivity index (χ3n) is 5.05. The summed E-state index contributed by atoms with van der Waals surface area (Å²) >= 11 is 6.31. The number of nitrogens with zero attached hydrogens (tertiary/aromatic N) is 2. The van der Waals surface area contributed by atoms with E-state index in [2.05, 4.69) is 23.2 Å². The zero-order valence-electron chi connectivity index (χ0n) is 14.2. The Bertz CT molecular complexity index is 555. The number of urea groups is 1.